The van der Waals surface area contributed by atoms with Crippen molar-refractivity contribution in [1.82, 2.24) is 9.80 Å². The van der Waals surface area contributed by atoms with E-state index >= 15 is 0 Å². The summed E-state index contributed by atoms with van der Waals surface area (Å²) in [5, 5.41) is 0. The Morgan fingerprint density at radius 3 is 2.29 bits per heavy atom. The van der Waals surface area contributed by atoms with Crippen molar-refractivity contribution in [1.29, 1.82) is 0 Å². The van der Waals surface area contributed by atoms with E-state index in [0.29, 0.717) is 6.61 Å². The molecule has 0 N–H and O–H groups in total. The van der Waals surface area contributed by atoms with Gasteiger partial charge in [0, 0.05) is 26.2 Å². The first-order chi connectivity index (χ1) is 11.6. The van der Waals surface area contributed by atoms with Gasteiger partial charge in [-0.1, -0.05) is 30.3 Å². The Kier molecular flexibility index (Phi) is 5.29. The molecule has 0 atom stereocenters. The number of benzene rings is 1. The number of carbonyl (C=O) groups excluding carboxylic acids is 2. The van der Waals surface area contributed by atoms with Gasteiger partial charge in [0.1, 0.15) is 12.5 Å². The topological polar surface area (TPSA) is 49.9 Å². The molecule has 1 aromatic carbocycles. The zero-order valence-corrected chi connectivity index (χ0v) is 14.5. The van der Waals surface area contributed by atoms with Crippen LogP contribution in [0.3, 0.4) is 0 Å². The predicted octanol–water partition coefficient (Wildman–Crippen LogP) is 2.88. The van der Waals surface area contributed by atoms with Gasteiger partial charge in [0.05, 0.1) is 0 Å². The van der Waals surface area contributed by atoms with Gasteiger partial charge >= 0.3 is 6.09 Å². The summed E-state index contributed by atoms with van der Waals surface area (Å²) < 4.78 is 5.43. The fourth-order valence-corrected chi connectivity index (χ4v) is 3.79. The number of amides is 2. The van der Waals surface area contributed by atoms with Crippen LogP contribution in [0.4, 0.5) is 4.79 Å². The highest BCUT2D eigenvalue weighted by atomic mass is 35.5. The fourth-order valence-electron chi connectivity index (χ4n) is 3.62. The van der Waals surface area contributed by atoms with Crippen molar-refractivity contribution in [2.75, 3.05) is 32.1 Å². The van der Waals surface area contributed by atoms with Crippen LogP contribution in [0.2, 0.25) is 0 Å². The molecule has 2 amide bonds. The quantitative estimate of drug-likeness (QED) is 0.788. The Hall–Kier alpha value is -1.75. The van der Waals surface area contributed by atoms with Gasteiger partial charge in [-0.05, 0) is 30.2 Å². The van der Waals surface area contributed by atoms with Crippen molar-refractivity contribution in [2.45, 2.75) is 25.9 Å². The molecule has 2 heterocycles. The van der Waals surface area contributed by atoms with E-state index in [1.165, 1.54) is 0 Å². The van der Waals surface area contributed by atoms with Crippen LogP contribution >= 0.6 is 11.6 Å². The molecule has 0 aliphatic carbocycles. The summed E-state index contributed by atoms with van der Waals surface area (Å²) in [7, 11) is 0. The lowest BCUT2D eigenvalue weighted by Gasteiger charge is -2.39. The summed E-state index contributed by atoms with van der Waals surface area (Å²) in [6.07, 6.45) is 2.60. The third kappa shape index (κ3) is 3.83. The Labute approximate surface area is 147 Å². The zero-order valence-electron chi connectivity index (χ0n) is 13.7. The fraction of sp³-hybridized carbons (Fsp3) is 0.556. The van der Waals surface area contributed by atoms with E-state index in [0.717, 1.165) is 51.0 Å². The second kappa shape index (κ2) is 7.43. The minimum atomic E-state index is -0.241. The van der Waals surface area contributed by atoms with Gasteiger partial charge in [-0.2, -0.15) is 0 Å². The number of alkyl halides is 1. The van der Waals surface area contributed by atoms with Crippen LogP contribution in [0, 0.1) is 5.41 Å². The van der Waals surface area contributed by atoms with Crippen molar-refractivity contribution in [3.63, 3.8) is 0 Å². The highest BCUT2D eigenvalue weighted by Gasteiger charge is 2.43. The molecule has 2 aliphatic rings. The summed E-state index contributed by atoms with van der Waals surface area (Å²) in [5.41, 5.74) is 1.13. The van der Waals surface area contributed by atoms with Crippen molar-refractivity contribution in [3.8, 4) is 0 Å². The standard InChI is InChI=1S/C18H23ClN2O3/c19-12-16(22)20-9-6-18(7-10-20)8-11-21(14-18)17(23)24-13-15-4-2-1-3-5-15/h1-5H,6-14H2. The maximum absolute atomic E-state index is 12.3. The second-order valence-electron chi connectivity index (χ2n) is 6.73. The Balaban J connectivity index is 1.48. The van der Waals surface area contributed by atoms with Crippen molar-refractivity contribution >= 4 is 23.6 Å². The van der Waals surface area contributed by atoms with Gasteiger partial charge in [0.2, 0.25) is 5.91 Å². The number of nitrogens with zero attached hydrogens (tertiary/aromatic N) is 2. The molecule has 5 nitrogen and oxygen atoms in total. The Bertz CT molecular complexity index is 585. The van der Waals surface area contributed by atoms with Crippen LogP contribution in [0.5, 0.6) is 0 Å². The molecule has 0 bridgehead atoms. The molecule has 0 radical (unpaired) electrons. The molecule has 2 fully saturated rings. The monoisotopic (exact) mass is 350 g/mol. The first-order valence-corrected chi connectivity index (χ1v) is 8.95. The number of hydrogen-bond donors (Lipinski definition) is 0. The van der Waals surface area contributed by atoms with E-state index in [4.69, 9.17) is 16.3 Å². The maximum Gasteiger partial charge on any atom is 0.410 e. The van der Waals surface area contributed by atoms with Gasteiger partial charge in [-0.15, -0.1) is 11.6 Å². The molecular weight excluding hydrogens is 328 g/mol. The molecule has 6 heteroatoms. The molecule has 1 aromatic rings. The number of hydrogen-bond acceptors (Lipinski definition) is 3. The average Bonchev–Trinajstić information content (AvgIpc) is 3.04. The van der Waals surface area contributed by atoms with Crippen LogP contribution in [0.25, 0.3) is 0 Å². The highest BCUT2D eigenvalue weighted by molar-refractivity contribution is 6.27. The van der Waals surface area contributed by atoms with E-state index in [9.17, 15) is 9.59 Å². The minimum Gasteiger partial charge on any atom is -0.445 e. The third-order valence-corrected chi connectivity index (χ3v) is 5.42. The summed E-state index contributed by atoms with van der Waals surface area (Å²) >= 11 is 5.63. The predicted molar refractivity (Wildman–Crippen MR) is 91.8 cm³/mol. The van der Waals surface area contributed by atoms with Crippen LogP contribution in [-0.2, 0) is 16.1 Å². The maximum atomic E-state index is 12.3. The van der Waals surface area contributed by atoms with E-state index in [1.54, 1.807) is 0 Å². The molecule has 24 heavy (non-hydrogen) atoms. The van der Waals surface area contributed by atoms with Gasteiger partial charge in [0.25, 0.3) is 0 Å². The van der Waals surface area contributed by atoms with Crippen LogP contribution in [-0.4, -0.2) is 53.9 Å². The van der Waals surface area contributed by atoms with Crippen molar-refractivity contribution < 1.29 is 14.3 Å². The molecule has 2 aliphatic heterocycles. The Morgan fingerprint density at radius 2 is 1.67 bits per heavy atom. The van der Waals surface area contributed by atoms with E-state index in [1.807, 2.05) is 40.1 Å². The van der Waals surface area contributed by atoms with Crippen LogP contribution < -0.4 is 0 Å². The molecule has 2 saturated heterocycles. The zero-order chi connectivity index (χ0) is 17.0. The molecule has 130 valence electrons. The molecule has 3 rings (SSSR count). The SMILES string of the molecule is O=C(CCl)N1CCC2(CC1)CCN(C(=O)OCc1ccccc1)C2. The molecular formula is C18H23ClN2O3. The van der Waals surface area contributed by atoms with E-state index in [2.05, 4.69) is 0 Å². The first-order valence-electron chi connectivity index (χ1n) is 8.41. The normalized spacial score (nSPS) is 19.5. The van der Waals surface area contributed by atoms with Gasteiger partial charge < -0.3 is 14.5 Å². The lowest BCUT2D eigenvalue weighted by molar-refractivity contribution is -0.130. The highest BCUT2D eigenvalue weighted by Crippen LogP contribution is 2.40. The van der Waals surface area contributed by atoms with Crippen molar-refractivity contribution in [3.05, 3.63) is 35.9 Å². The molecule has 1 spiro atoms. The van der Waals surface area contributed by atoms with Crippen LogP contribution in [0.1, 0.15) is 24.8 Å². The number of rotatable bonds is 3. The number of piperidine rings is 1. The largest absolute Gasteiger partial charge is 0.445 e. The van der Waals surface area contributed by atoms with E-state index < -0.39 is 0 Å². The summed E-state index contributed by atoms with van der Waals surface area (Å²) in [6, 6.07) is 9.70. The molecule has 0 saturated carbocycles. The van der Waals surface area contributed by atoms with Crippen molar-refractivity contribution in [2.24, 2.45) is 5.41 Å². The lowest BCUT2D eigenvalue weighted by Crippen LogP contribution is -2.45. The summed E-state index contributed by atoms with van der Waals surface area (Å²) in [5.74, 6) is 0.0499. The third-order valence-electron chi connectivity index (χ3n) is 5.19. The van der Waals surface area contributed by atoms with Gasteiger partial charge in [-0.3, -0.25) is 4.79 Å². The van der Waals surface area contributed by atoms with Crippen LogP contribution in [0.15, 0.2) is 30.3 Å². The second-order valence-corrected chi connectivity index (χ2v) is 6.99. The number of ether oxygens (including phenoxy) is 1. The summed E-state index contributed by atoms with van der Waals surface area (Å²) in [4.78, 5) is 27.6. The molecule has 0 unspecified atom stereocenters. The average molecular weight is 351 g/mol. The smallest absolute Gasteiger partial charge is 0.410 e. The van der Waals surface area contributed by atoms with Gasteiger partial charge in [0.15, 0.2) is 0 Å². The number of carbonyl (C=O) groups is 2. The lowest BCUT2D eigenvalue weighted by atomic mass is 9.78. The number of halogens is 1. The van der Waals surface area contributed by atoms with Gasteiger partial charge in [-0.25, -0.2) is 4.79 Å². The summed E-state index contributed by atoms with van der Waals surface area (Å²) in [6.45, 7) is 3.23. The first kappa shape index (κ1) is 17.1. The molecule has 0 aromatic heterocycles. The Morgan fingerprint density at radius 1 is 1.04 bits per heavy atom. The van der Waals surface area contributed by atoms with E-state index in [-0.39, 0.29) is 23.3 Å². The number of likely N-dealkylation sites (tertiary alicyclic amines) is 2. The minimum absolute atomic E-state index is 0.00337.